The number of rotatable bonds is 1. The lowest BCUT2D eigenvalue weighted by Gasteiger charge is -2.33. The third-order valence-corrected chi connectivity index (χ3v) is 3.19. The summed E-state index contributed by atoms with van der Waals surface area (Å²) in [6, 6.07) is 0. The van der Waals surface area contributed by atoms with Crippen LogP contribution in [-0.4, -0.2) is 11.1 Å². The van der Waals surface area contributed by atoms with Crippen molar-refractivity contribution in [1.82, 2.24) is 0 Å². The maximum absolute atomic E-state index is 10.9. The van der Waals surface area contributed by atoms with Crippen LogP contribution in [0.1, 0.15) is 33.6 Å². The molecule has 1 saturated carbocycles. The molecule has 0 spiro atoms. The molecule has 0 aromatic rings. The minimum Gasteiger partial charge on any atom is -0.481 e. The van der Waals surface area contributed by atoms with Crippen molar-refractivity contribution >= 4 is 5.97 Å². The highest BCUT2D eigenvalue weighted by molar-refractivity contribution is 5.76. The molecule has 11 heavy (non-hydrogen) atoms. The van der Waals surface area contributed by atoms with Crippen LogP contribution in [0.4, 0.5) is 0 Å². The maximum atomic E-state index is 10.9. The Hall–Kier alpha value is -0.530. The number of carboxylic acid groups (broad SMARTS) is 1. The van der Waals surface area contributed by atoms with Crippen LogP contribution in [0.25, 0.3) is 0 Å². The Labute approximate surface area is 67.6 Å². The first kappa shape index (κ1) is 8.57. The summed E-state index contributed by atoms with van der Waals surface area (Å²) in [5, 5.41) is 8.99. The van der Waals surface area contributed by atoms with Gasteiger partial charge >= 0.3 is 5.97 Å². The topological polar surface area (TPSA) is 37.3 Å². The van der Waals surface area contributed by atoms with Gasteiger partial charge in [0.1, 0.15) is 0 Å². The molecule has 1 fully saturated rings. The van der Waals surface area contributed by atoms with E-state index in [-0.39, 0.29) is 5.41 Å². The number of carbonyl (C=O) groups is 1. The summed E-state index contributed by atoms with van der Waals surface area (Å²) in [4.78, 5) is 10.9. The fourth-order valence-corrected chi connectivity index (χ4v) is 1.65. The summed E-state index contributed by atoms with van der Waals surface area (Å²) >= 11 is 0. The minimum absolute atomic E-state index is 0.154. The Morgan fingerprint density at radius 3 is 2.18 bits per heavy atom. The van der Waals surface area contributed by atoms with Crippen LogP contribution in [0.15, 0.2) is 0 Å². The zero-order valence-corrected chi connectivity index (χ0v) is 7.35. The van der Waals surface area contributed by atoms with Crippen LogP contribution in [0.3, 0.4) is 0 Å². The second-order valence-electron chi connectivity index (χ2n) is 4.10. The molecule has 1 unspecified atom stereocenters. The maximum Gasteiger partial charge on any atom is 0.309 e. The standard InChI is InChI=1S/C9H15O2/c1-8(2)5-4-6-9(8,3)7(10)11/h5H,4,6H2,1-3H3,(H,10,11). The van der Waals surface area contributed by atoms with Gasteiger partial charge in [0.15, 0.2) is 0 Å². The molecule has 0 aliphatic heterocycles. The summed E-state index contributed by atoms with van der Waals surface area (Å²) in [6.45, 7) is 5.82. The highest BCUT2D eigenvalue weighted by atomic mass is 16.4. The largest absolute Gasteiger partial charge is 0.481 e. The van der Waals surface area contributed by atoms with Crippen molar-refractivity contribution in [2.75, 3.05) is 0 Å². The molecule has 1 atom stereocenters. The van der Waals surface area contributed by atoms with Crippen molar-refractivity contribution in [3.8, 4) is 0 Å². The zero-order valence-electron chi connectivity index (χ0n) is 7.35. The van der Waals surface area contributed by atoms with E-state index >= 15 is 0 Å². The molecule has 2 nitrogen and oxygen atoms in total. The normalized spacial score (nSPS) is 35.5. The molecule has 0 saturated heterocycles. The minimum atomic E-state index is -0.670. The van der Waals surface area contributed by atoms with Crippen molar-refractivity contribution in [2.24, 2.45) is 10.8 Å². The Bertz CT molecular complexity index is 184. The summed E-state index contributed by atoms with van der Waals surface area (Å²) < 4.78 is 0. The Kier molecular flexibility index (Phi) is 1.73. The van der Waals surface area contributed by atoms with Gasteiger partial charge in [0.25, 0.3) is 0 Å². The molecular weight excluding hydrogens is 140 g/mol. The van der Waals surface area contributed by atoms with E-state index in [1.54, 1.807) is 0 Å². The van der Waals surface area contributed by atoms with Gasteiger partial charge in [0, 0.05) is 0 Å². The fraction of sp³-hybridized carbons (Fsp3) is 0.778. The van der Waals surface area contributed by atoms with Gasteiger partial charge in [0.05, 0.1) is 5.41 Å². The van der Waals surface area contributed by atoms with Gasteiger partial charge in [-0.05, 0) is 31.6 Å². The molecular formula is C9H15O2. The van der Waals surface area contributed by atoms with E-state index in [2.05, 4.69) is 6.42 Å². The van der Waals surface area contributed by atoms with Gasteiger partial charge in [-0.3, -0.25) is 4.79 Å². The van der Waals surface area contributed by atoms with Gasteiger partial charge in [-0.25, -0.2) is 0 Å². The molecule has 0 aromatic carbocycles. The number of carboxylic acids is 1. The van der Waals surface area contributed by atoms with E-state index in [0.29, 0.717) is 0 Å². The predicted octanol–water partition coefficient (Wildman–Crippen LogP) is 2.10. The van der Waals surface area contributed by atoms with Crippen LogP contribution < -0.4 is 0 Å². The van der Waals surface area contributed by atoms with Crippen molar-refractivity contribution in [3.63, 3.8) is 0 Å². The van der Waals surface area contributed by atoms with E-state index in [0.717, 1.165) is 12.8 Å². The van der Waals surface area contributed by atoms with Gasteiger partial charge in [0.2, 0.25) is 0 Å². The first-order valence-electron chi connectivity index (χ1n) is 3.98. The van der Waals surface area contributed by atoms with E-state index in [9.17, 15) is 4.79 Å². The van der Waals surface area contributed by atoms with Crippen molar-refractivity contribution in [3.05, 3.63) is 6.42 Å². The Morgan fingerprint density at radius 2 is 2.00 bits per heavy atom. The van der Waals surface area contributed by atoms with Gasteiger partial charge in [-0.2, -0.15) is 0 Å². The average Bonchev–Trinajstić information content (AvgIpc) is 2.09. The van der Waals surface area contributed by atoms with Gasteiger partial charge in [-0.15, -0.1) is 0 Å². The first-order valence-corrected chi connectivity index (χ1v) is 3.98. The summed E-state index contributed by atoms with van der Waals surface area (Å²) in [6.07, 6.45) is 3.81. The summed E-state index contributed by atoms with van der Waals surface area (Å²) in [7, 11) is 0. The molecule has 0 heterocycles. The van der Waals surface area contributed by atoms with Crippen LogP contribution in [0.5, 0.6) is 0 Å². The monoisotopic (exact) mass is 155 g/mol. The smallest absolute Gasteiger partial charge is 0.309 e. The van der Waals surface area contributed by atoms with E-state index in [1.165, 1.54) is 0 Å². The molecule has 0 amide bonds. The Balaban J connectivity index is 2.93. The fourth-order valence-electron chi connectivity index (χ4n) is 1.65. The molecule has 1 N–H and O–H groups in total. The number of hydrogen-bond donors (Lipinski definition) is 1. The van der Waals surface area contributed by atoms with Crippen molar-refractivity contribution in [1.29, 1.82) is 0 Å². The predicted molar refractivity (Wildman–Crippen MR) is 43.1 cm³/mol. The third kappa shape index (κ3) is 1.05. The zero-order chi connectivity index (χ0) is 8.70. The lowest BCUT2D eigenvalue weighted by atomic mass is 9.69. The highest BCUT2D eigenvalue weighted by Gasteiger charge is 2.50. The molecule has 0 bridgehead atoms. The second-order valence-corrected chi connectivity index (χ2v) is 4.10. The molecule has 0 aromatic heterocycles. The molecule has 2 heteroatoms. The van der Waals surface area contributed by atoms with Crippen LogP contribution in [-0.2, 0) is 4.79 Å². The van der Waals surface area contributed by atoms with Crippen LogP contribution in [0.2, 0.25) is 0 Å². The number of aliphatic carboxylic acids is 1. The molecule has 1 radical (unpaired) electrons. The summed E-state index contributed by atoms with van der Waals surface area (Å²) in [5.41, 5.74) is -0.703. The highest BCUT2D eigenvalue weighted by Crippen LogP contribution is 2.51. The quantitative estimate of drug-likeness (QED) is 0.629. The molecule has 1 aliphatic carbocycles. The van der Waals surface area contributed by atoms with Gasteiger partial charge in [-0.1, -0.05) is 13.8 Å². The third-order valence-electron chi connectivity index (χ3n) is 3.19. The first-order chi connectivity index (χ1) is 4.90. The van der Waals surface area contributed by atoms with Gasteiger partial charge < -0.3 is 5.11 Å². The van der Waals surface area contributed by atoms with E-state index in [1.807, 2.05) is 20.8 Å². The average molecular weight is 155 g/mol. The SMILES string of the molecule is CC1(C)[CH]CCC1(C)C(=O)O. The van der Waals surface area contributed by atoms with Crippen molar-refractivity contribution in [2.45, 2.75) is 33.6 Å². The number of hydrogen-bond acceptors (Lipinski definition) is 1. The van der Waals surface area contributed by atoms with E-state index in [4.69, 9.17) is 5.11 Å². The molecule has 1 rings (SSSR count). The molecule has 63 valence electrons. The molecule has 1 aliphatic rings. The van der Waals surface area contributed by atoms with Crippen LogP contribution >= 0.6 is 0 Å². The van der Waals surface area contributed by atoms with Crippen LogP contribution in [0, 0.1) is 17.3 Å². The Morgan fingerprint density at radius 1 is 1.45 bits per heavy atom. The van der Waals surface area contributed by atoms with E-state index < -0.39 is 11.4 Å². The van der Waals surface area contributed by atoms with Crippen molar-refractivity contribution < 1.29 is 9.90 Å². The lowest BCUT2D eigenvalue weighted by Crippen LogP contribution is -2.37. The second kappa shape index (κ2) is 2.23. The summed E-state index contributed by atoms with van der Waals surface area (Å²) in [5.74, 6) is -0.670. The lowest BCUT2D eigenvalue weighted by molar-refractivity contribution is -0.152.